The molecule has 1 aliphatic rings. The van der Waals surface area contributed by atoms with E-state index < -0.39 is 0 Å². The van der Waals surface area contributed by atoms with Crippen LogP contribution in [0.4, 0.5) is 0 Å². The van der Waals surface area contributed by atoms with E-state index in [1.165, 1.54) is 25.0 Å². The number of nitrogens with two attached hydrogens (primary N) is 1. The predicted molar refractivity (Wildman–Crippen MR) is 90.5 cm³/mol. The molecule has 20 heavy (non-hydrogen) atoms. The molecule has 0 amide bonds. The Hall–Kier alpha value is 0.230. The summed E-state index contributed by atoms with van der Waals surface area (Å²) >= 11 is 2.07. The van der Waals surface area contributed by atoms with Gasteiger partial charge in [-0.05, 0) is 30.4 Å². The van der Waals surface area contributed by atoms with Gasteiger partial charge in [-0.15, -0.1) is 0 Å². The fourth-order valence-electron chi connectivity index (χ4n) is 3.59. The summed E-state index contributed by atoms with van der Waals surface area (Å²) in [7, 11) is 1.79. The Labute approximate surface area is 130 Å². The molecule has 1 fully saturated rings. The topological polar surface area (TPSA) is 38.5 Å². The maximum atomic E-state index is 6.34. The van der Waals surface area contributed by atoms with Gasteiger partial charge in [0.05, 0.1) is 6.61 Å². The van der Waals surface area contributed by atoms with Crippen molar-refractivity contribution in [2.24, 2.45) is 11.1 Å². The maximum Gasteiger partial charge on any atom is 0.0590 e. The largest absolute Gasteiger partial charge is 0.383 e. The molecular formula is C16H34N2OS. The molecule has 0 aromatic rings. The van der Waals surface area contributed by atoms with Gasteiger partial charge in [-0.1, -0.05) is 27.7 Å². The summed E-state index contributed by atoms with van der Waals surface area (Å²) in [6.07, 6.45) is 3.61. The lowest BCUT2D eigenvalue weighted by Gasteiger charge is -2.58. The average molecular weight is 303 g/mol. The molecule has 0 saturated carbocycles. The third-order valence-corrected chi connectivity index (χ3v) is 6.45. The highest BCUT2D eigenvalue weighted by Gasteiger charge is 2.51. The first kappa shape index (κ1) is 18.3. The summed E-state index contributed by atoms with van der Waals surface area (Å²) in [6.45, 7) is 11.9. The monoisotopic (exact) mass is 302 g/mol. The Balaban J connectivity index is 3.10. The minimum atomic E-state index is 0.102. The van der Waals surface area contributed by atoms with Gasteiger partial charge in [0.15, 0.2) is 0 Å². The van der Waals surface area contributed by atoms with Crippen molar-refractivity contribution in [1.82, 2.24) is 4.90 Å². The van der Waals surface area contributed by atoms with Crippen LogP contribution in [0.15, 0.2) is 0 Å². The van der Waals surface area contributed by atoms with Crippen LogP contribution < -0.4 is 5.73 Å². The number of thioether (sulfide) groups is 1. The molecule has 1 heterocycles. The van der Waals surface area contributed by atoms with Crippen LogP contribution in [0.25, 0.3) is 0 Å². The van der Waals surface area contributed by atoms with E-state index in [9.17, 15) is 0 Å². The molecule has 0 bridgehead atoms. The van der Waals surface area contributed by atoms with Crippen molar-refractivity contribution in [3.05, 3.63) is 0 Å². The molecule has 4 heteroatoms. The van der Waals surface area contributed by atoms with Crippen molar-refractivity contribution in [3.8, 4) is 0 Å². The molecule has 1 aliphatic heterocycles. The SMILES string of the molecule is CCC(CC)N(CCOC)C1(CN)CSCCC1(C)C. The zero-order valence-corrected chi connectivity index (χ0v) is 14.9. The lowest BCUT2D eigenvalue weighted by Crippen LogP contribution is -2.68. The molecule has 0 spiro atoms. The first-order valence-electron chi connectivity index (χ1n) is 8.02. The van der Waals surface area contributed by atoms with Gasteiger partial charge >= 0.3 is 0 Å². The lowest BCUT2D eigenvalue weighted by atomic mass is 9.69. The summed E-state index contributed by atoms with van der Waals surface area (Å²) in [5.41, 5.74) is 6.71. The van der Waals surface area contributed by atoms with Crippen LogP contribution in [0.5, 0.6) is 0 Å². The fraction of sp³-hybridized carbons (Fsp3) is 1.00. The molecular weight excluding hydrogens is 268 g/mol. The number of hydrogen-bond donors (Lipinski definition) is 1. The Kier molecular flexibility index (Phi) is 7.33. The number of ether oxygens (including phenoxy) is 1. The van der Waals surface area contributed by atoms with Crippen LogP contribution in [0.1, 0.15) is 47.0 Å². The molecule has 120 valence electrons. The Morgan fingerprint density at radius 3 is 2.40 bits per heavy atom. The summed E-state index contributed by atoms with van der Waals surface area (Å²) in [5, 5.41) is 0. The molecule has 1 unspecified atom stereocenters. The van der Waals surface area contributed by atoms with E-state index in [-0.39, 0.29) is 11.0 Å². The van der Waals surface area contributed by atoms with E-state index in [1.54, 1.807) is 7.11 Å². The first-order chi connectivity index (χ1) is 9.49. The van der Waals surface area contributed by atoms with E-state index in [0.717, 1.165) is 25.4 Å². The van der Waals surface area contributed by atoms with Gasteiger partial charge in [0.2, 0.25) is 0 Å². The highest BCUT2D eigenvalue weighted by Crippen LogP contribution is 2.46. The van der Waals surface area contributed by atoms with Gasteiger partial charge in [-0.25, -0.2) is 0 Å². The smallest absolute Gasteiger partial charge is 0.0590 e. The van der Waals surface area contributed by atoms with E-state index >= 15 is 0 Å². The third-order valence-electron chi connectivity index (χ3n) is 5.28. The van der Waals surface area contributed by atoms with Gasteiger partial charge in [0.25, 0.3) is 0 Å². The molecule has 3 nitrogen and oxygen atoms in total. The molecule has 1 rings (SSSR count). The van der Waals surface area contributed by atoms with Crippen LogP contribution in [-0.2, 0) is 4.74 Å². The quantitative estimate of drug-likeness (QED) is 0.748. The minimum absolute atomic E-state index is 0.102. The van der Waals surface area contributed by atoms with Crippen molar-refractivity contribution < 1.29 is 4.74 Å². The number of methoxy groups -OCH3 is 1. The average Bonchev–Trinajstić information content (AvgIpc) is 2.44. The van der Waals surface area contributed by atoms with Gasteiger partial charge in [0.1, 0.15) is 0 Å². The van der Waals surface area contributed by atoms with Crippen molar-refractivity contribution >= 4 is 11.8 Å². The van der Waals surface area contributed by atoms with Crippen LogP contribution in [0.3, 0.4) is 0 Å². The second-order valence-electron chi connectivity index (χ2n) is 6.58. The fourth-order valence-corrected chi connectivity index (χ4v) is 5.40. The summed E-state index contributed by atoms with van der Waals surface area (Å²) in [5.74, 6) is 2.41. The van der Waals surface area contributed by atoms with Crippen molar-refractivity contribution in [2.45, 2.75) is 58.5 Å². The van der Waals surface area contributed by atoms with E-state index in [1.807, 2.05) is 0 Å². The third kappa shape index (κ3) is 3.52. The molecule has 0 aliphatic carbocycles. The lowest BCUT2D eigenvalue weighted by molar-refractivity contribution is -0.0420. The van der Waals surface area contributed by atoms with E-state index in [2.05, 4.69) is 44.4 Å². The maximum absolute atomic E-state index is 6.34. The Morgan fingerprint density at radius 2 is 1.95 bits per heavy atom. The van der Waals surface area contributed by atoms with Crippen molar-refractivity contribution in [1.29, 1.82) is 0 Å². The van der Waals surface area contributed by atoms with Gasteiger partial charge in [-0.2, -0.15) is 11.8 Å². The van der Waals surface area contributed by atoms with E-state index in [0.29, 0.717) is 6.04 Å². The van der Waals surface area contributed by atoms with E-state index in [4.69, 9.17) is 10.5 Å². The molecule has 1 saturated heterocycles. The molecule has 0 radical (unpaired) electrons. The van der Waals surface area contributed by atoms with Gasteiger partial charge < -0.3 is 10.5 Å². The molecule has 0 aromatic heterocycles. The normalized spacial score (nSPS) is 26.4. The second-order valence-corrected chi connectivity index (χ2v) is 7.68. The predicted octanol–water partition coefficient (Wildman–Crippen LogP) is 2.98. The number of nitrogens with zero attached hydrogens (tertiary/aromatic N) is 1. The second kappa shape index (κ2) is 8.02. The highest BCUT2D eigenvalue weighted by molar-refractivity contribution is 7.99. The zero-order chi connectivity index (χ0) is 15.2. The van der Waals surface area contributed by atoms with Crippen molar-refractivity contribution in [3.63, 3.8) is 0 Å². The molecule has 1 atom stereocenters. The first-order valence-corrected chi connectivity index (χ1v) is 9.18. The minimum Gasteiger partial charge on any atom is -0.383 e. The van der Waals surface area contributed by atoms with Crippen LogP contribution in [-0.4, -0.2) is 54.8 Å². The Morgan fingerprint density at radius 1 is 1.30 bits per heavy atom. The summed E-state index contributed by atoms with van der Waals surface area (Å²) in [4.78, 5) is 2.68. The number of rotatable bonds is 8. The van der Waals surface area contributed by atoms with Gasteiger partial charge in [-0.3, -0.25) is 4.90 Å². The number of hydrogen-bond acceptors (Lipinski definition) is 4. The van der Waals surface area contributed by atoms with Crippen LogP contribution in [0, 0.1) is 5.41 Å². The summed E-state index contributed by atoms with van der Waals surface area (Å²) < 4.78 is 5.37. The Bertz CT molecular complexity index is 282. The van der Waals surface area contributed by atoms with Crippen molar-refractivity contribution in [2.75, 3.05) is 38.3 Å². The standard InChI is InChI=1S/C16H34N2OS/c1-6-14(7-2)18(9-10-19-5)16(12-17)13-20-11-8-15(16,3)4/h14H,6-13,17H2,1-5H3. The molecule has 0 aromatic carbocycles. The highest BCUT2D eigenvalue weighted by atomic mass is 32.2. The summed E-state index contributed by atoms with van der Waals surface area (Å²) in [6, 6.07) is 0.603. The van der Waals surface area contributed by atoms with Crippen LogP contribution in [0.2, 0.25) is 0 Å². The molecule has 2 N–H and O–H groups in total. The van der Waals surface area contributed by atoms with Crippen LogP contribution >= 0.6 is 11.8 Å². The zero-order valence-electron chi connectivity index (χ0n) is 14.1. The van der Waals surface area contributed by atoms with Gasteiger partial charge in [0, 0.05) is 37.5 Å².